The van der Waals surface area contributed by atoms with Gasteiger partial charge in [-0.25, -0.2) is 16.4 Å². The van der Waals surface area contributed by atoms with Gasteiger partial charge in [-0.2, -0.15) is 5.10 Å². The van der Waals surface area contributed by atoms with Crippen molar-refractivity contribution in [1.82, 2.24) is 10.5 Å². The van der Waals surface area contributed by atoms with Crippen LogP contribution in [0.3, 0.4) is 0 Å². The van der Waals surface area contributed by atoms with E-state index < -0.39 is 5.91 Å². The van der Waals surface area contributed by atoms with Crippen molar-refractivity contribution >= 4 is 33.9 Å². The molecule has 0 fully saturated rings. The third-order valence-electron chi connectivity index (χ3n) is 2.96. The van der Waals surface area contributed by atoms with Crippen LogP contribution < -0.4 is 17.0 Å². The number of halogens is 1. The molecular formula is C17H21BrN6O3. The number of hydrogen-bond acceptors (Lipinski definition) is 7. The fourth-order valence-corrected chi connectivity index (χ4v) is 1.99. The molecule has 1 aromatic rings. The topological polar surface area (TPSA) is 150 Å². The van der Waals surface area contributed by atoms with E-state index in [1.165, 1.54) is 12.3 Å². The Labute approximate surface area is 165 Å². The van der Waals surface area contributed by atoms with Crippen molar-refractivity contribution in [3.8, 4) is 11.5 Å². The zero-order valence-electron chi connectivity index (χ0n) is 14.6. The molecule has 0 atom stereocenters. The lowest BCUT2D eigenvalue weighted by Gasteiger charge is -2.12. The van der Waals surface area contributed by atoms with E-state index in [1.807, 2.05) is 13.0 Å². The lowest BCUT2D eigenvalue weighted by atomic mass is 10.2. The van der Waals surface area contributed by atoms with Crippen molar-refractivity contribution in [2.75, 3.05) is 6.54 Å². The molecule has 0 aliphatic heterocycles. The minimum absolute atomic E-state index is 0.0634. The number of amides is 1. The Kier molecular flexibility index (Phi) is 8.76. The normalized spacial score (nSPS) is 12.2. The highest BCUT2D eigenvalue weighted by Crippen LogP contribution is 2.30. The standard InChI is InChI=1S/C17H21BrN6O3/c1-3-4-5-6-11(2)17(19)23-24(20)10-16(27)22-21-9-12-7-13(18)15(26)8-14(12)25/h3-9,25-26H,2,10,20H2,1H3,(H2,19,23)(H,22,27)/b4-3-,6-5-,21-9+. The molecule has 9 nitrogen and oxygen atoms in total. The third-order valence-corrected chi connectivity index (χ3v) is 3.60. The number of benzene rings is 1. The SMILES string of the molecule is C=C(/C=C\C=C/C)/C(N)=N/N(N)CC(=O)N/N=C/c1cc(Br)c(O)cc1O. The van der Waals surface area contributed by atoms with Gasteiger partial charge in [0.05, 0.1) is 10.7 Å². The van der Waals surface area contributed by atoms with Crippen LogP contribution in [0, 0.1) is 0 Å². The molecule has 0 spiro atoms. The van der Waals surface area contributed by atoms with Gasteiger partial charge in [-0.05, 0) is 28.9 Å². The molecule has 0 radical (unpaired) electrons. The predicted octanol–water partition coefficient (Wildman–Crippen LogP) is 1.45. The highest BCUT2D eigenvalue weighted by Gasteiger charge is 2.07. The summed E-state index contributed by atoms with van der Waals surface area (Å²) in [4.78, 5) is 11.8. The second kappa shape index (κ2) is 10.8. The number of nitrogens with two attached hydrogens (primary N) is 2. The number of nitrogens with one attached hydrogen (secondary N) is 1. The molecule has 1 aromatic carbocycles. The number of amidine groups is 1. The molecule has 0 bridgehead atoms. The number of allylic oxidation sites excluding steroid dienone is 3. The molecule has 0 aliphatic rings. The van der Waals surface area contributed by atoms with Crippen molar-refractivity contribution in [3.05, 3.63) is 58.6 Å². The van der Waals surface area contributed by atoms with Gasteiger partial charge in [-0.15, -0.1) is 5.10 Å². The maximum Gasteiger partial charge on any atom is 0.263 e. The number of nitrogens with zero attached hydrogens (tertiary/aromatic N) is 3. The first-order chi connectivity index (χ1) is 12.7. The summed E-state index contributed by atoms with van der Waals surface area (Å²) in [5.41, 5.74) is 8.69. The van der Waals surface area contributed by atoms with Crippen molar-refractivity contribution in [2.45, 2.75) is 6.92 Å². The Morgan fingerprint density at radius 1 is 1.37 bits per heavy atom. The minimum Gasteiger partial charge on any atom is -0.507 e. The predicted molar refractivity (Wildman–Crippen MR) is 109 cm³/mol. The van der Waals surface area contributed by atoms with Crippen LogP contribution in [0.1, 0.15) is 12.5 Å². The minimum atomic E-state index is -0.558. The summed E-state index contributed by atoms with van der Waals surface area (Å²) in [5.74, 6) is 4.80. The number of hydrazine groups is 1. The Morgan fingerprint density at radius 3 is 2.74 bits per heavy atom. The van der Waals surface area contributed by atoms with E-state index in [4.69, 9.17) is 11.6 Å². The summed E-state index contributed by atoms with van der Waals surface area (Å²) in [6, 6.07) is 2.58. The van der Waals surface area contributed by atoms with Crippen molar-refractivity contribution in [1.29, 1.82) is 0 Å². The van der Waals surface area contributed by atoms with Crippen LogP contribution in [0.15, 0.2) is 63.3 Å². The molecule has 144 valence electrons. The number of phenols is 2. The molecular weight excluding hydrogens is 416 g/mol. The monoisotopic (exact) mass is 436 g/mol. The van der Waals surface area contributed by atoms with Gasteiger partial charge in [0.25, 0.3) is 5.91 Å². The van der Waals surface area contributed by atoms with E-state index in [9.17, 15) is 15.0 Å². The Balaban J connectivity index is 2.60. The first-order valence-corrected chi connectivity index (χ1v) is 8.42. The number of carbonyl (C=O) groups excluding carboxylic acids is 1. The zero-order chi connectivity index (χ0) is 20.4. The van der Waals surface area contributed by atoms with Crippen LogP contribution in [0.5, 0.6) is 11.5 Å². The third kappa shape index (κ3) is 7.75. The Bertz CT molecular complexity index is 817. The van der Waals surface area contributed by atoms with Gasteiger partial charge in [-0.3, -0.25) is 4.79 Å². The smallest absolute Gasteiger partial charge is 0.263 e. The van der Waals surface area contributed by atoms with Crippen molar-refractivity contribution in [2.24, 2.45) is 21.8 Å². The number of hydrogen-bond donors (Lipinski definition) is 5. The highest BCUT2D eigenvalue weighted by atomic mass is 79.9. The van der Waals surface area contributed by atoms with Gasteiger partial charge in [-0.1, -0.05) is 30.9 Å². The molecule has 0 unspecified atom stereocenters. The molecule has 0 aromatic heterocycles. The number of aromatic hydroxyl groups is 2. The van der Waals surface area contributed by atoms with E-state index in [1.54, 1.807) is 18.2 Å². The van der Waals surface area contributed by atoms with Crippen LogP contribution in [-0.2, 0) is 4.79 Å². The Hall–Kier alpha value is -3.11. The molecule has 7 N–H and O–H groups in total. The molecule has 27 heavy (non-hydrogen) atoms. The van der Waals surface area contributed by atoms with Gasteiger partial charge in [0.1, 0.15) is 18.0 Å². The quantitative estimate of drug-likeness (QED) is 0.137. The molecule has 1 amide bonds. The maximum absolute atomic E-state index is 11.8. The van der Waals surface area contributed by atoms with E-state index in [0.29, 0.717) is 10.0 Å². The lowest BCUT2D eigenvalue weighted by Crippen LogP contribution is -2.38. The zero-order valence-corrected chi connectivity index (χ0v) is 16.2. The van der Waals surface area contributed by atoms with Crippen LogP contribution in [0.25, 0.3) is 0 Å². The average molecular weight is 437 g/mol. The number of carbonyl (C=O) groups is 1. The van der Waals surface area contributed by atoms with Gasteiger partial charge >= 0.3 is 0 Å². The van der Waals surface area contributed by atoms with Crippen molar-refractivity contribution in [3.63, 3.8) is 0 Å². The summed E-state index contributed by atoms with van der Waals surface area (Å²) in [6.07, 6.45) is 8.25. The second-order valence-corrected chi connectivity index (χ2v) is 6.00. The van der Waals surface area contributed by atoms with Gasteiger partial charge < -0.3 is 15.9 Å². The van der Waals surface area contributed by atoms with Gasteiger partial charge in [0.2, 0.25) is 0 Å². The average Bonchev–Trinajstić information content (AvgIpc) is 2.59. The van der Waals surface area contributed by atoms with Crippen LogP contribution in [-0.4, -0.2) is 39.8 Å². The first-order valence-electron chi connectivity index (χ1n) is 7.63. The summed E-state index contributed by atoms with van der Waals surface area (Å²) in [5, 5.41) is 27.5. The lowest BCUT2D eigenvalue weighted by molar-refractivity contribution is -0.122. The van der Waals surface area contributed by atoms with E-state index >= 15 is 0 Å². The van der Waals surface area contributed by atoms with Crippen LogP contribution in [0.4, 0.5) is 0 Å². The summed E-state index contributed by atoms with van der Waals surface area (Å²) < 4.78 is 0.370. The molecule has 0 saturated carbocycles. The molecule has 1 rings (SSSR count). The molecule has 10 heteroatoms. The fourth-order valence-electron chi connectivity index (χ4n) is 1.63. The summed E-state index contributed by atoms with van der Waals surface area (Å²) in [7, 11) is 0. The largest absolute Gasteiger partial charge is 0.507 e. The van der Waals surface area contributed by atoms with E-state index in [0.717, 1.165) is 11.2 Å². The van der Waals surface area contributed by atoms with Gasteiger partial charge in [0, 0.05) is 17.2 Å². The van der Waals surface area contributed by atoms with E-state index in [-0.39, 0.29) is 29.4 Å². The highest BCUT2D eigenvalue weighted by molar-refractivity contribution is 9.10. The van der Waals surface area contributed by atoms with Gasteiger partial charge in [0.15, 0.2) is 5.84 Å². The number of hydrazone groups is 2. The molecule has 0 heterocycles. The van der Waals surface area contributed by atoms with Crippen LogP contribution >= 0.6 is 15.9 Å². The number of phenolic OH excluding ortho intramolecular Hbond substituents is 2. The second-order valence-electron chi connectivity index (χ2n) is 5.15. The first kappa shape index (κ1) is 21.9. The number of rotatable bonds is 8. The maximum atomic E-state index is 11.8. The van der Waals surface area contributed by atoms with E-state index in [2.05, 4.69) is 38.1 Å². The summed E-state index contributed by atoms with van der Waals surface area (Å²) >= 11 is 3.11. The Morgan fingerprint density at radius 2 is 2.07 bits per heavy atom. The fraction of sp³-hybridized carbons (Fsp3) is 0.118. The molecule has 0 saturated heterocycles. The molecule has 0 aliphatic carbocycles. The van der Waals surface area contributed by atoms with Crippen LogP contribution in [0.2, 0.25) is 0 Å². The summed E-state index contributed by atoms with van der Waals surface area (Å²) in [6.45, 7) is 5.30. The van der Waals surface area contributed by atoms with Crippen molar-refractivity contribution < 1.29 is 15.0 Å².